The molecule has 10 nitrogen and oxygen atoms in total. The van der Waals surface area contributed by atoms with E-state index in [2.05, 4.69) is 25.7 Å². The molecule has 3 heterocycles. The number of hydrogen-bond acceptors (Lipinski definition) is 7. The number of alkyl halides is 6. The van der Waals surface area contributed by atoms with E-state index < -0.39 is 40.8 Å². The van der Waals surface area contributed by atoms with Crippen molar-refractivity contribution in [3.63, 3.8) is 0 Å². The summed E-state index contributed by atoms with van der Waals surface area (Å²) in [6, 6.07) is -1.27. The van der Waals surface area contributed by atoms with Gasteiger partial charge in [-0.2, -0.15) is 31.4 Å². The van der Waals surface area contributed by atoms with Gasteiger partial charge < -0.3 is 20.4 Å². The minimum absolute atomic E-state index is 0.0845. The Morgan fingerprint density at radius 2 is 1.84 bits per heavy atom. The fourth-order valence-electron chi connectivity index (χ4n) is 3.67. The largest absolute Gasteiger partial charge is 0.423 e. The third-order valence-corrected chi connectivity index (χ3v) is 5.46. The Bertz CT molecular complexity index is 1170. The van der Waals surface area contributed by atoms with E-state index in [-0.39, 0.29) is 37.7 Å². The Labute approximate surface area is 206 Å². The number of hydrogen-bond donors (Lipinski definition) is 3. The van der Waals surface area contributed by atoms with Gasteiger partial charge in [0.2, 0.25) is 5.95 Å². The molecule has 1 fully saturated rings. The second kappa shape index (κ2) is 11.0. The van der Waals surface area contributed by atoms with Gasteiger partial charge >= 0.3 is 18.4 Å². The van der Waals surface area contributed by atoms with Crippen LogP contribution in [0, 0.1) is 0 Å². The number of rotatable bonds is 6. The van der Waals surface area contributed by atoms with Gasteiger partial charge in [-0.1, -0.05) is 12.2 Å². The quantitative estimate of drug-likeness (QED) is 0.385. The topological polar surface area (TPSA) is 119 Å². The van der Waals surface area contributed by atoms with Crippen LogP contribution in [0.5, 0.6) is 0 Å². The standard InChI is InChI=1S/C21H24F6N8O2/c1-12(32-15-10-31-33-17(36)16(15)21(25,26)27)4-3-5-28-19(37)34-6-7-35(13(2)11-34)18-29-8-14(9-30-18)20(22,23)24/h3-4,8-10,12-13H,5-7,11H2,1-2H3,(H,28,37)(H2,32,33,36)/b4-3+/t12-,13-/m0/s1. The highest BCUT2D eigenvalue weighted by Crippen LogP contribution is 2.31. The molecule has 2 atom stereocenters. The van der Waals surface area contributed by atoms with Crippen LogP contribution in [0.4, 0.5) is 42.8 Å². The van der Waals surface area contributed by atoms with Crippen molar-refractivity contribution in [2.45, 2.75) is 38.3 Å². The SMILES string of the molecule is C[C@@H](/C=C/CNC(=O)N1CCN(c2ncc(C(F)(F)F)cn2)[C@@H](C)C1)Nc1cn[nH]c(=O)c1C(F)(F)F. The maximum absolute atomic E-state index is 13.1. The van der Waals surface area contributed by atoms with E-state index in [4.69, 9.17) is 0 Å². The summed E-state index contributed by atoms with van der Waals surface area (Å²) in [7, 11) is 0. The molecule has 0 unspecified atom stereocenters. The minimum atomic E-state index is -4.87. The molecule has 202 valence electrons. The molecule has 0 radical (unpaired) electrons. The number of piperazine rings is 1. The molecule has 0 aromatic carbocycles. The minimum Gasteiger partial charge on any atom is -0.377 e. The highest BCUT2D eigenvalue weighted by molar-refractivity contribution is 5.74. The monoisotopic (exact) mass is 534 g/mol. The molecule has 2 amide bonds. The molecule has 3 N–H and O–H groups in total. The molecule has 1 aliphatic rings. The summed E-state index contributed by atoms with van der Waals surface area (Å²) in [5.41, 5.74) is -4.16. The molecule has 3 rings (SSSR count). The molecule has 2 aromatic heterocycles. The van der Waals surface area contributed by atoms with Crippen LogP contribution < -0.4 is 21.1 Å². The molecular weight excluding hydrogens is 510 g/mol. The average Bonchev–Trinajstić information content (AvgIpc) is 2.80. The number of anilines is 2. The van der Waals surface area contributed by atoms with Crippen molar-refractivity contribution in [1.29, 1.82) is 0 Å². The fraction of sp³-hybridized carbons (Fsp3) is 0.476. The Hall–Kier alpha value is -3.85. The Morgan fingerprint density at radius 3 is 2.43 bits per heavy atom. The number of aromatic amines is 1. The third-order valence-electron chi connectivity index (χ3n) is 5.46. The average molecular weight is 534 g/mol. The van der Waals surface area contributed by atoms with Crippen molar-refractivity contribution in [1.82, 2.24) is 30.4 Å². The lowest BCUT2D eigenvalue weighted by Crippen LogP contribution is -2.56. The number of nitrogens with zero attached hydrogens (tertiary/aromatic N) is 5. The van der Waals surface area contributed by atoms with E-state index >= 15 is 0 Å². The zero-order chi connectivity index (χ0) is 27.4. The zero-order valence-electron chi connectivity index (χ0n) is 19.7. The number of amides is 2. The van der Waals surface area contributed by atoms with Gasteiger partial charge in [-0.05, 0) is 13.8 Å². The van der Waals surface area contributed by atoms with E-state index in [1.807, 2.05) is 0 Å². The van der Waals surface area contributed by atoms with Crippen LogP contribution >= 0.6 is 0 Å². The van der Waals surface area contributed by atoms with Crippen molar-refractivity contribution in [2.75, 3.05) is 36.4 Å². The van der Waals surface area contributed by atoms with Crippen LogP contribution in [0.25, 0.3) is 0 Å². The van der Waals surface area contributed by atoms with E-state index in [9.17, 15) is 35.9 Å². The number of urea groups is 1. The van der Waals surface area contributed by atoms with E-state index in [0.29, 0.717) is 18.9 Å². The Balaban J connectivity index is 1.49. The van der Waals surface area contributed by atoms with Crippen molar-refractivity contribution in [3.05, 3.63) is 52.2 Å². The maximum atomic E-state index is 13.1. The van der Waals surface area contributed by atoms with Crippen molar-refractivity contribution in [2.24, 2.45) is 0 Å². The molecule has 0 bridgehead atoms. The van der Waals surface area contributed by atoms with Gasteiger partial charge in [0.25, 0.3) is 5.56 Å². The summed E-state index contributed by atoms with van der Waals surface area (Å²) in [6.45, 7) is 4.28. The van der Waals surface area contributed by atoms with Crippen molar-refractivity contribution < 1.29 is 31.1 Å². The predicted octanol–water partition coefficient (Wildman–Crippen LogP) is 2.87. The highest BCUT2D eigenvalue weighted by atomic mass is 19.4. The number of halogens is 6. The van der Waals surface area contributed by atoms with E-state index in [1.165, 1.54) is 11.0 Å². The number of aromatic nitrogens is 4. The zero-order valence-corrected chi connectivity index (χ0v) is 19.7. The van der Waals surface area contributed by atoms with Crippen molar-refractivity contribution in [3.8, 4) is 0 Å². The number of nitrogens with one attached hydrogen (secondary N) is 3. The van der Waals surface area contributed by atoms with Gasteiger partial charge in [0.1, 0.15) is 5.56 Å². The van der Waals surface area contributed by atoms with E-state index in [0.717, 1.165) is 6.20 Å². The molecule has 0 saturated carbocycles. The van der Waals surface area contributed by atoms with Crippen LogP contribution in [0.2, 0.25) is 0 Å². The molecule has 0 spiro atoms. The molecule has 2 aromatic rings. The molecule has 16 heteroatoms. The summed E-state index contributed by atoms with van der Waals surface area (Å²) < 4.78 is 77.5. The number of H-pyrrole nitrogens is 1. The van der Waals surface area contributed by atoms with Crippen LogP contribution in [0.1, 0.15) is 25.0 Å². The lowest BCUT2D eigenvalue weighted by Gasteiger charge is -2.39. The first kappa shape index (κ1) is 27.7. The predicted molar refractivity (Wildman–Crippen MR) is 121 cm³/mol. The molecule has 1 aliphatic heterocycles. The van der Waals surface area contributed by atoms with Crippen LogP contribution in [0.15, 0.2) is 35.5 Å². The van der Waals surface area contributed by atoms with Gasteiger partial charge in [-0.25, -0.2) is 19.9 Å². The van der Waals surface area contributed by atoms with E-state index in [1.54, 1.807) is 29.9 Å². The second-order valence-corrected chi connectivity index (χ2v) is 8.29. The first-order chi connectivity index (χ1) is 17.3. The smallest absolute Gasteiger partial charge is 0.377 e. The van der Waals surface area contributed by atoms with Crippen LogP contribution in [0.3, 0.4) is 0 Å². The number of carbonyl (C=O) groups excluding carboxylic acids is 1. The van der Waals surface area contributed by atoms with Gasteiger partial charge in [-0.3, -0.25) is 4.79 Å². The first-order valence-electron chi connectivity index (χ1n) is 11.0. The Kier molecular flexibility index (Phi) is 8.28. The number of carbonyl (C=O) groups is 1. The molecule has 1 saturated heterocycles. The van der Waals surface area contributed by atoms with Crippen LogP contribution in [-0.4, -0.2) is 69.4 Å². The normalized spacial score (nSPS) is 17.7. The van der Waals surface area contributed by atoms with Gasteiger partial charge in [0.05, 0.1) is 17.4 Å². The van der Waals surface area contributed by atoms with Crippen molar-refractivity contribution >= 4 is 17.7 Å². The summed E-state index contributed by atoms with van der Waals surface area (Å²) >= 11 is 0. The van der Waals surface area contributed by atoms with Gasteiger partial charge in [0, 0.05) is 50.7 Å². The lowest BCUT2D eigenvalue weighted by molar-refractivity contribution is -0.139. The molecular formula is C21H24F6N8O2. The lowest BCUT2D eigenvalue weighted by atomic mass is 10.2. The third kappa shape index (κ3) is 7.10. The highest BCUT2D eigenvalue weighted by Gasteiger charge is 2.37. The molecule has 37 heavy (non-hydrogen) atoms. The summed E-state index contributed by atoms with van der Waals surface area (Å²) in [5, 5.41) is 10.4. The molecule has 0 aliphatic carbocycles. The maximum Gasteiger partial charge on any atom is 0.423 e. The second-order valence-electron chi connectivity index (χ2n) is 8.29. The summed E-state index contributed by atoms with van der Waals surface area (Å²) in [5.74, 6) is 0.134. The fourth-order valence-corrected chi connectivity index (χ4v) is 3.67. The summed E-state index contributed by atoms with van der Waals surface area (Å²) in [4.78, 5) is 34.8. The van der Waals surface area contributed by atoms with Crippen LogP contribution in [-0.2, 0) is 12.4 Å². The summed E-state index contributed by atoms with van der Waals surface area (Å²) in [6.07, 6.45) is -4.04. The Morgan fingerprint density at radius 1 is 1.16 bits per heavy atom. The van der Waals surface area contributed by atoms with Gasteiger partial charge in [0.15, 0.2) is 0 Å². The van der Waals surface area contributed by atoms with Gasteiger partial charge in [-0.15, -0.1) is 0 Å². The first-order valence-corrected chi connectivity index (χ1v) is 11.0.